The molecule has 0 spiro atoms. The van der Waals surface area contributed by atoms with Gasteiger partial charge in [-0.25, -0.2) is 4.79 Å². The lowest BCUT2D eigenvalue weighted by Gasteiger charge is -2.11. The van der Waals surface area contributed by atoms with Gasteiger partial charge in [0.25, 0.3) is 23.6 Å². The number of para-hydroxylation sites is 1. The Morgan fingerprint density at radius 2 is 1.79 bits per heavy atom. The van der Waals surface area contributed by atoms with Crippen LogP contribution in [0.1, 0.15) is 54.3 Å². The molecule has 0 unspecified atom stereocenters. The maximum absolute atomic E-state index is 12.4. The number of benzene rings is 2. The van der Waals surface area contributed by atoms with Crippen LogP contribution in [0, 0.1) is 0 Å². The molecule has 0 bridgehead atoms. The van der Waals surface area contributed by atoms with Crippen molar-refractivity contribution in [3.05, 3.63) is 77.4 Å². The maximum atomic E-state index is 12.4. The van der Waals surface area contributed by atoms with Crippen molar-refractivity contribution in [3.8, 4) is 0 Å². The predicted octanol–water partition coefficient (Wildman–Crippen LogP) is 2.16. The third kappa shape index (κ3) is 4.67. The highest BCUT2D eigenvalue weighted by atomic mass is 16.5. The third-order valence-corrected chi connectivity index (χ3v) is 5.21. The number of carbonyl (C=O) groups excluding carboxylic acids is 5. The smallest absolute Gasteiger partial charge is 0.338 e. The van der Waals surface area contributed by atoms with Gasteiger partial charge in [-0.1, -0.05) is 18.2 Å². The molecule has 1 saturated carbocycles. The number of nitrogens with zero attached hydrogens (tertiary/aromatic N) is 1. The molecule has 0 atom stereocenters. The molecule has 4 rings (SSSR count). The van der Waals surface area contributed by atoms with E-state index in [0.717, 1.165) is 17.7 Å². The SMILES string of the molecule is C=CCN1C(=O)c2ccc(C(=O)OCC(=O)Nc3ccccc3C(=O)NC3CC3)cc2C1=O. The van der Waals surface area contributed by atoms with Crippen molar-refractivity contribution in [1.29, 1.82) is 0 Å². The first-order chi connectivity index (χ1) is 15.9. The average molecular weight is 447 g/mol. The van der Waals surface area contributed by atoms with Crippen LogP contribution < -0.4 is 10.6 Å². The number of hydrogen-bond acceptors (Lipinski definition) is 6. The average Bonchev–Trinajstić information content (AvgIpc) is 3.60. The molecule has 33 heavy (non-hydrogen) atoms. The molecule has 168 valence electrons. The van der Waals surface area contributed by atoms with E-state index in [2.05, 4.69) is 17.2 Å². The van der Waals surface area contributed by atoms with Crippen molar-refractivity contribution in [2.75, 3.05) is 18.5 Å². The number of hydrogen-bond donors (Lipinski definition) is 2. The number of nitrogens with one attached hydrogen (secondary N) is 2. The van der Waals surface area contributed by atoms with Crippen molar-refractivity contribution in [2.24, 2.45) is 0 Å². The quantitative estimate of drug-likeness (QED) is 0.363. The first-order valence-corrected chi connectivity index (χ1v) is 10.4. The van der Waals surface area contributed by atoms with E-state index in [1.807, 2.05) is 0 Å². The summed E-state index contributed by atoms with van der Waals surface area (Å²) in [5.41, 5.74) is 0.941. The molecule has 1 heterocycles. The number of anilines is 1. The standard InChI is InChI=1S/C24H21N3O6/c1-2-11-27-22(30)16-10-7-14(12-18(16)23(27)31)24(32)33-13-20(28)26-19-6-4-3-5-17(19)21(29)25-15-8-9-15/h2-7,10,12,15H,1,8-9,11,13H2,(H,25,29)(H,26,28). The third-order valence-electron chi connectivity index (χ3n) is 5.21. The summed E-state index contributed by atoms with van der Waals surface area (Å²) in [5.74, 6) is -2.72. The van der Waals surface area contributed by atoms with Gasteiger partial charge in [-0.2, -0.15) is 0 Å². The van der Waals surface area contributed by atoms with Crippen molar-refractivity contribution in [1.82, 2.24) is 10.2 Å². The summed E-state index contributed by atoms with van der Waals surface area (Å²) >= 11 is 0. The van der Waals surface area contributed by atoms with Crippen LogP contribution in [0.25, 0.3) is 0 Å². The second kappa shape index (κ2) is 9.07. The van der Waals surface area contributed by atoms with E-state index in [0.29, 0.717) is 11.3 Å². The van der Waals surface area contributed by atoms with Crippen molar-refractivity contribution in [2.45, 2.75) is 18.9 Å². The van der Waals surface area contributed by atoms with Crippen LogP contribution in [0.15, 0.2) is 55.1 Å². The molecule has 1 aliphatic heterocycles. The first-order valence-electron chi connectivity index (χ1n) is 10.4. The van der Waals surface area contributed by atoms with E-state index in [1.165, 1.54) is 24.3 Å². The zero-order valence-electron chi connectivity index (χ0n) is 17.6. The Kier molecular flexibility index (Phi) is 6.03. The topological polar surface area (TPSA) is 122 Å². The number of esters is 1. The number of rotatable bonds is 8. The van der Waals surface area contributed by atoms with Crippen molar-refractivity contribution in [3.63, 3.8) is 0 Å². The van der Waals surface area contributed by atoms with Crippen LogP contribution >= 0.6 is 0 Å². The largest absolute Gasteiger partial charge is 0.452 e. The van der Waals surface area contributed by atoms with Crippen LogP contribution in [-0.4, -0.2) is 53.7 Å². The van der Waals surface area contributed by atoms with Crippen LogP contribution in [0.2, 0.25) is 0 Å². The van der Waals surface area contributed by atoms with E-state index in [1.54, 1.807) is 24.3 Å². The fraction of sp³-hybridized carbons (Fsp3) is 0.208. The van der Waals surface area contributed by atoms with Crippen molar-refractivity contribution < 1.29 is 28.7 Å². The number of carbonyl (C=O) groups is 5. The molecule has 1 aliphatic carbocycles. The van der Waals surface area contributed by atoms with Crippen LogP contribution in [-0.2, 0) is 9.53 Å². The summed E-state index contributed by atoms with van der Waals surface area (Å²) in [6.45, 7) is 2.99. The van der Waals surface area contributed by atoms with Gasteiger partial charge in [0.05, 0.1) is 27.9 Å². The number of fused-ring (bicyclic) bond motifs is 1. The van der Waals surface area contributed by atoms with Crippen LogP contribution in [0.4, 0.5) is 5.69 Å². The Hall–Kier alpha value is -4.27. The van der Waals surface area contributed by atoms with Gasteiger partial charge >= 0.3 is 5.97 Å². The minimum absolute atomic E-state index is 0.0346. The Morgan fingerprint density at radius 1 is 1.06 bits per heavy atom. The molecule has 0 radical (unpaired) electrons. The normalized spacial score (nSPS) is 14.5. The van der Waals surface area contributed by atoms with Gasteiger partial charge in [0.1, 0.15) is 0 Å². The monoisotopic (exact) mass is 447 g/mol. The fourth-order valence-corrected chi connectivity index (χ4v) is 3.39. The minimum atomic E-state index is -0.824. The van der Waals surface area contributed by atoms with Crippen LogP contribution in [0.3, 0.4) is 0 Å². The summed E-state index contributed by atoms with van der Waals surface area (Å²) in [6, 6.07) is 10.7. The predicted molar refractivity (Wildman–Crippen MR) is 118 cm³/mol. The molecular formula is C24H21N3O6. The maximum Gasteiger partial charge on any atom is 0.338 e. The van der Waals surface area contributed by atoms with Crippen molar-refractivity contribution >= 4 is 35.3 Å². The Labute approximate surface area is 189 Å². The first kappa shape index (κ1) is 21.9. The Balaban J connectivity index is 1.38. The van der Waals surface area contributed by atoms with E-state index in [9.17, 15) is 24.0 Å². The second-order valence-corrected chi connectivity index (χ2v) is 7.69. The van der Waals surface area contributed by atoms with E-state index in [4.69, 9.17) is 4.74 Å². The highest BCUT2D eigenvalue weighted by Crippen LogP contribution is 2.24. The number of amides is 4. The van der Waals surface area contributed by atoms with E-state index in [-0.39, 0.29) is 35.2 Å². The van der Waals surface area contributed by atoms with E-state index < -0.39 is 30.3 Å². The molecule has 0 saturated heterocycles. The molecule has 9 heteroatoms. The number of imide groups is 1. The highest BCUT2D eigenvalue weighted by Gasteiger charge is 2.35. The summed E-state index contributed by atoms with van der Waals surface area (Å²) in [7, 11) is 0. The van der Waals surface area contributed by atoms with Gasteiger partial charge in [-0.05, 0) is 43.2 Å². The Bertz CT molecular complexity index is 1180. The molecular weight excluding hydrogens is 426 g/mol. The van der Waals surface area contributed by atoms with Gasteiger partial charge < -0.3 is 15.4 Å². The van der Waals surface area contributed by atoms with Gasteiger partial charge in [0.15, 0.2) is 6.61 Å². The lowest BCUT2D eigenvalue weighted by Crippen LogP contribution is -2.29. The molecule has 2 aromatic carbocycles. The summed E-state index contributed by atoms with van der Waals surface area (Å²) in [6.07, 6.45) is 3.30. The lowest BCUT2D eigenvalue weighted by molar-refractivity contribution is -0.119. The second-order valence-electron chi connectivity index (χ2n) is 7.69. The van der Waals surface area contributed by atoms with Gasteiger partial charge in [0.2, 0.25) is 0 Å². The fourth-order valence-electron chi connectivity index (χ4n) is 3.39. The zero-order valence-corrected chi connectivity index (χ0v) is 17.6. The molecule has 4 amide bonds. The molecule has 2 aliphatic rings. The summed E-state index contributed by atoms with van der Waals surface area (Å²) in [4.78, 5) is 62.8. The minimum Gasteiger partial charge on any atom is -0.452 e. The summed E-state index contributed by atoms with van der Waals surface area (Å²) in [5, 5.41) is 5.43. The van der Waals surface area contributed by atoms with Crippen LogP contribution in [0.5, 0.6) is 0 Å². The Morgan fingerprint density at radius 3 is 2.52 bits per heavy atom. The molecule has 9 nitrogen and oxygen atoms in total. The molecule has 2 N–H and O–H groups in total. The zero-order chi connectivity index (χ0) is 23.5. The van der Waals surface area contributed by atoms with Gasteiger partial charge in [-0.3, -0.25) is 24.1 Å². The summed E-state index contributed by atoms with van der Waals surface area (Å²) < 4.78 is 5.06. The van der Waals surface area contributed by atoms with E-state index >= 15 is 0 Å². The number of ether oxygens (including phenoxy) is 1. The van der Waals surface area contributed by atoms with Gasteiger partial charge in [0, 0.05) is 12.6 Å². The highest BCUT2D eigenvalue weighted by molar-refractivity contribution is 6.22. The van der Waals surface area contributed by atoms with Gasteiger partial charge in [-0.15, -0.1) is 6.58 Å². The molecule has 1 fully saturated rings. The lowest BCUT2D eigenvalue weighted by atomic mass is 10.1. The molecule has 0 aromatic heterocycles. The molecule has 2 aromatic rings.